The predicted molar refractivity (Wildman–Crippen MR) is 87.7 cm³/mol. The van der Waals surface area contributed by atoms with Crippen LogP contribution in [0.25, 0.3) is 0 Å². The molecule has 3 atom stereocenters. The van der Waals surface area contributed by atoms with Gasteiger partial charge in [0.25, 0.3) is 0 Å². The lowest BCUT2D eigenvalue weighted by molar-refractivity contribution is -0.924. The monoisotopic (exact) mass is 363 g/mol. The Balaban J connectivity index is 0.00000400. The molecule has 1 N–H and O–H groups in total. The first kappa shape index (κ1) is 21.4. The molecule has 1 rings (SSSR count). The maximum atomic E-state index is 10.9. The molecule has 3 heteroatoms. The minimum absolute atomic E-state index is 0. The predicted octanol–water partition coefficient (Wildman–Crippen LogP) is 1.22. The quantitative estimate of drug-likeness (QED) is 0.532. The van der Waals surface area contributed by atoms with E-state index in [1.807, 2.05) is 0 Å². The molecule has 0 bridgehead atoms. The Morgan fingerprint density at radius 1 is 1.19 bits per heavy atom. The van der Waals surface area contributed by atoms with Crippen molar-refractivity contribution in [1.82, 2.24) is 0 Å². The Bertz CT molecular complexity index is 289. The average molecular weight is 364 g/mol. The molecule has 0 heterocycles. The van der Waals surface area contributed by atoms with Gasteiger partial charge in [-0.3, -0.25) is 0 Å². The van der Waals surface area contributed by atoms with Crippen LogP contribution in [0.5, 0.6) is 0 Å². The summed E-state index contributed by atoms with van der Waals surface area (Å²) in [7, 11) is 4.65. The van der Waals surface area contributed by atoms with Crippen molar-refractivity contribution in [3.63, 3.8) is 0 Å². The van der Waals surface area contributed by atoms with Gasteiger partial charge in [-0.15, -0.1) is 0 Å². The number of halogens is 1. The molecule has 128 valence electrons. The number of rotatable bonds is 7. The van der Waals surface area contributed by atoms with E-state index >= 15 is 0 Å². The maximum absolute atomic E-state index is 10.9. The minimum atomic E-state index is -0.486. The highest BCUT2D eigenvalue weighted by atomic mass is 79.9. The Morgan fingerprint density at radius 2 is 1.81 bits per heavy atom. The molecule has 21 heavy (non-hydrogen) atoms. The highest BCUT2D eigenvalue weighted by molar-refractivity contribution is 4.91. The van der Waals surface area contributed by atoms with Crippen molar-refractivity contribution >= 4 is 0 Å². The summed E-state index contributed by atoms with van der Waals surface area (Å²) in [4.78, 5) is 0. The van der Waals surface area contributed by atoms with Gasteiger partial charge in [0.05, 0.1) is 20.6 Å². The second-order valence-electron chi connectivity index (χ2n) is 8.21. The Kier molecular flexibility index (Phi) is 9.05. The lowest BCUT2D eigenvalue weighted by Gasteiger charge is -2.50. The molecule has 1 aliphatic carbocycles. The van der Waals surface area contributed by atoms with Crippen LogP contribution in [0.15, 0.2) is 0 Å². The zero-order chi connectivity index (χ0) is 15.4. The Hall–Kier alpha value is 0.400. The number of hydrogen-bond acceptors (Lipinski definition) is 1. The number of aliphatic hydroxyl groups is 1. The third-order valence-electron chi connectivity index (χ3n) is 5.64. The van der Waals surface area contributed by atoms with Crippen molar-refractivity contribution in [2.45, 2.75) is 84.3 Å². The summed E-state index contributed by atoms with van der Waals surface area (Å²) in [6.45, 7) is 10.2. The fourth-order valence-electron chi connectivity index (χ4n) is 4.05. The van der Waals surface area contributed by atoms with Gasteiger partial charge in [0.2, 0.25) is 0 Å². The first-order chi connectivity index (χ1) is 9.20. The topological polar surface area (TPSA) is 20.2 Å². The van der Waals surface area contributed by atoms with Crippen LogP contribution in [0, 0.1) is 11.8 Å². The number of unbranched alkanes of at least 4 members (excludes halogenated alkanes) is 3. The van der Waals surface area contributed by atoms with Crippen LogP contribution < -0.4 is 17.0 Å². The molecule has 0 amide bonds. The van der Waals surface area contributed by atoms with Crippen molar-refractivity contribution in [2.75, 3.05) is 20.6 Å². The van der Waals surface area contributed by atoms with E-state index in [2.05, 4.69) is 41.8 Å². The van der Waals surface area contributed by atoms with E-state index in [0.29, 0.717) is 6.04 Å². The van der Waals surface area contributed by atoms with Gasteiger partial charge in [-0.25, -0.2) is 0 Å². The van der Waals surface area contributed by atoms with Crippen LogP contribution in [-0.4, -0.2) is 41.9 Å². The van der Waals surface area contributed by atoms with Crippen LogP contribution in [0.2, 0.25) is 0 Å². The van der Waals surface area contributed by atoms with Crippen molar-refractivity contribution in [2.24, 2.45) is 11.8 Å². The van der Waals surface area contributed by atoms with E-state index in [0.717, 1.165) is 22.7 Å². The van der Waals surface area contributed by atoms with E-state index in [-0.39, 0.29) is 17.0 Å². The van der Waals surface area contributed by atoms with E-state index in [4.69, 9.17) is 0 Å². The van der Waals surface area contributed by atoms with Crippen molar-refractivity contribution < 1.29 is 26.6 Å². The Morgan fingerprint density at radius 3 is 2.33 bits per heavy atom. The summed E-state index contributed by atoms with van der Waals surface area (Å²) in [5, 5.41) is 10.9. The average Bonchev–Trinajstić information content (AvgIpc) is 2.33. The van der Waals surface area contributed by atoms with Gasteiger partial charge in [-0.05, 0) is 44.4 Å². The molecular formula is C18H38BrNO. The third-order valence-corrected chi connectivity index (χ3v) is 5.64. The fourth-order valence-corrected chi connectivity index (χ4v) is 4.05. The molecule has 1 aliphatic rings. The van der Waals surface area contributed by atoms with Crippen LogP contribution in [0.1, 0.15) is 72.6 Å². The molecule has 0 radical (unpaired) electrons. The van der Waals surface area contributed by atoms with E-state index in [9.17, 15) is 5.11 Å². The molecular weight excluding hydrogens is 326 g/mol. The molecule has 2 nitrogen and oxygen atoms in total. The standard InChI is InChI=1S/C18H38NO.BrH/c1-7-8-9-10-13-19(5,6)17-14-16(15(2)3)11-12-18(17,4)20;/h15-17,20H,7-14H2,1-6H3;1H/q+1;/p-1. The van der Waals surface area contributed by atoms with Gasteiger partial charge >= 0.3 is 0 Å². The third kappa shape index (κ3) is 6.19. The smallest absolute Gasteiger partial charge is 0.118 e. The molecule has 1 fully saturated rings. The summed E-state index contributed by atoms with van der Waals surface area (Å²) in [6.07, 6.45) is 8.61. The lowest BCUT2D eigenvalue weighted by atomic mass is 9.71. The van der Waals surface area contributed by atoms with E-state index in [1.54, 1.807) is 0 Å². The second-order valence-corrected chi connectivity index (χ2v) is 8.21. The minimum Gasteiger partial charge on any atom is -1.00 e. The lowest BCUT2D eigenvalue weighted by Crippen LogP contribution is -3.00. The number of likely N-dealkylation sites (N-methyl/N-ethyl adjacent to an activating group) is 1. The molecule has 0 aromatic rings. The van der Waals surface area contributed by atoms with Crippen LogP contribution in [0.3, 0.4) is 0 Å². The highest BCUT2D eigenvalue weighted by Gasteiger charge is 2.47. The van der Waals surface area contributed by atoms with E-state index < -0.39 is 5.60 Å². The SMILES string of the molecule is CCCCCC[N+](C)(C)C1CC(C(C)C)CCC1(C)O.[Br-]. The molecule has 3 unspecified atom stereocenters. The van der Waals surface area contributed by atoms with Gasteiger partial charge in [0, 0.05) is 6.42 Å². The van der Waals surface area contributed by atoms with Gasteiger partial charge in [-0.1, -0.05) is 33.6 Å². The summed E-state index contributed by atoms with van der Waals surface area (Å²) in [5.41, 5.74) is -0.486. The Labute approximate surface area is 143 Å². The van der Waals surface area contributed by atoms with Gasteiger partial charge < -0.3 is 26.6 Å². The van der Waals surface area contributed by atoms with Crippen LogP contribution >= 0.6 is 0 Å². The fraction of sp³-hybridized carbons (Fsp3) is 1.00. The highest BCUT2D eigenvalue weighted by Crippen LogP contribution is 2.40. The summed E-state index contributed by atoms with van der Waals surface area (Å²) in [5.74, 6) is 1.53. The van der Waals surface area contributed by atoms with Crippen molar-refractivity contribution in [1.29, 1.82) is 0 Å². The van der Waals surface area contributed by atoms with Gasteiger partial charge in [0.1, 0.15) is 11.6 Å². The normalized spacial score (nSPS) is 30.3. The van der Waals surface area contributed by atoms with Crippen molar-refractivity contribution in [3.05, 3.63) is 0 Å². The molecule has 0 saturated heterocycles. The number of hydrogen-bond donors (Lipinski definition) is 1. The molecule has 0 aromatic carbocycles. The molecule has 0 aromatic heterocycles. The summed E-state index contributed by atoms with van der Waals surface area (Å²) >= 11 is 0. The summed E-state index contributed by atoms with van der Waals surface area (Å²) in [6, 6.07) is 0.394. The first-order valence-corrected chi connectivity index (χ1v) is 8.75. The molecule has 0 spiro atoms. The second kappa shape index (κ2) is 8.88. The summed E-state index contributed by atoms with van der Waals surface area (Å²) < 4.78 is 0.986. The zero-order valence-electron chi connectivity index (χ0n) is 15.2. The maximum Gasteiger partial charge on any atom is 0.118 e. The zero-order valence-corrected chi connectivity index (χ0v) is 16.7. The van der Waals surface area contributed by atoms with Gasteiger partial charge in [0.15, 0.2) is 0 Å². The molecule has 0 aliphatic heterocycles. The van der Waals surface area contributed by atoms with Crippen molar-refractivity contribution in [3.8, 4) is 0 Å². The number of nitrogens with zero attached hydrogens (tertiary/aromatic N) is 1. The largest absolute Gasteiger partial charge is 1.00 e. The first-order valence-electron chi connectivity index (χ1n) is 8.75. The van der Waals surface area contributed by atoms with Gasteiger partial charge in [-0.2, -0.15) is 0 Å². The number of quaternary nitrogens is 1. The molecule has 1 saturated carbocycles. The van der Waals surface area contributed by atoms with Crippen LogP contribution in [0.4, 0.5) is 0 Å². The van der Waals surface area contributed by atoms with E-state index in [1.165, 1.54) is 45.1 Å². The van der Waals surface area contributed by atoms with Crippen LogP contribution in [-0.2, 0) is 0 Å².